The second-order valence-electron chi connectivity index (χ2n) is 2.65. The molecule has 0 bridgehead atoms. The lowest BCUT2D eigenvalue weighted by molar-refractivity contribution is -0.386. The van der Waals surface area contributed by atoms with Gasteiger partial charge in [0.1, 0.15) is 12.6 Å². The number of non-ortho nitro benzene ring substituents is 1. The third-order valence-electron chi connectivity index (χ3n) is 1.76. The summed E-state index contributed by atoms with van der Waals surface area (Å²) in [5.74, 6) is 0. The molecule has 0 radical (unpaired) electrons. The Labute approximate surface area is 91.5 Å². The van der Waals surface area contributed by atoms with Crippen LogP contribution in [0.1, 0.15) is 11.7 Å². The second kappa shape index (κ2) is 5.69. The number of aliphatic hydroxyl groups excluding tert-OH is 1. The highest BCUT2D eigenvalue weighted by atomic mass is 79.9. The fourth-order valence-corrected chi connectivity index (χ4v) is 0.985. The van der Waals surface area contributed by atoms with Crippen molar-refractivity contribution in [2.24, 2.45) is 0 Å². The van der Waals surface area contributed by atoms with E-state index in [0.29, 0.717) is 12.1 Å². The molecule has 0 amide bonds. The number of hydrogen-bond acceptors (Lipinski definition) is 3. The van der Waals surface area contributed by atoms with E-state index in [4.69, 9.17) is 0 Å². The third-order valence-corrected chi connectivity index (χ3v) is 1.76. The summed E-state index contributed by atoms with van der Waals surface area (Å²) in [6, 6.07) is 5.81. The molecule has 4 N–H and O–H groups in total. The van der Waals surface area contributed by atoms with E-state index in [2.05, 4.69) is 5.73 Å². The fraction of sp³-hybridized carbons (Fsp3) is 0.250. The summed E-state index contributed by atoms with van der Waals surface area (Å²) in [6.45, 7) is 0.359. The molecule has 0 spiro atoms. The zero-order chi connectivity index (χ0) is 9.84. The molecule has 14 heavy (non-hydrogen) atoms. The van der Waals surface area contributed by atoms with Crippen molar-refractivity contribution in [1.29, 1.82) is 0 Å². The molecule has 0 heterocycles. The highest BCUT2D eigenvalue weighted by Crippen LogP contribution is 2.16. The van der Waals surface area contributed by atoms with E-state index in [1.807, 2.05) is 0 Å². The van der Waals surface area contributed by atoms with Crippen molar-refractivity contribution < 1.29 is 32.7 Å². The van der Waals surface area contributed by atoms with Crippen LogP contribution in [0.4, 0.5) is 5.69 Å². The number of hydrogen-bond donors (Lipinski definition) is 2. The predicted octanol–water partition coefficient (Wildman–Crippen LogP) is -3.13. The number of nitro groups is 1. The molecule has 6 heteroatoms. The monoisotopic (exact) mass is 262 g/mol. The average molecular weight is 263 g/mol. The number of halogens is 1. The molecular formula is C8H11BrN2O3. The van der Waals surface area contributed by atoms with Gasteiger partial charge in [-0.2, -0.15) is 0 Å². The Morgan fingerprint density at radius 1 is 1.43 bits per heavy atom. The van der Waals surface area contributed by atoms with Crippen LogP contribution in [0.2, 0.25) is 0 Å². The van der Waals surface area contributed by atoms with Gasteiger partial charge < -0.3 is 27.8 Å². The summed E-state index contributed by atoms with van der Waals surface area (Å²) in [7, 11) is 0. The summed E-state index contributed by atoms with van der Waals surface area (Å²) in [4.78, 5) is 9.81. The molecule has 0 aliphatic rings. The number of quaternary nitrogens is 1. The topological polar surface area (TPSA) is 91.0 Å². The first kappa shape index (κ1) is 13.0. The predicted molar refractivity (Wildman–Crippen MR) is 45.8 cm³/mol. The van der Waals surface area contributed by atoms with Crippen molar-refractivity contribution in [3.05, 3.63) is 39.9 Å². The Bertz CT molecular complexity index is 302. The van der Waals surface area contributed by atoms with Crippen molar-refractivity contribution in [1.82, 2.24) is 0 Å². The Morgan fingerprint density at radius 2 is 1.93 bits per heavy atom. The quantitative estimate of drug-likeness (QED) is 0.446. The Morgan fingerprint density at radius 3 is 2.29 bits per heavy atom. The van der Waals surface area contributed by atoms with Gasteiger partial charge in [0.05, 0.1) is 4.92 Å². The van der Waals surface area contributed by atoms with E-state index in [1.54, 1.807) is 0 Å². The minimum atomic E-state index is -0.638. The fourth-order valence-electron chi connectivity index (χ4n) is 0.985. The van der Waals surface area contributed by atoms with Gasteiger partial charge in [0, 0.05) is 12.1 Å². The van der Waals surface area contributed by atoms with E-state index in [9.17, 15) is 15.2 Å². The maximum absolute atomic E-state index is 10.3. The van der Waals surface area contributed by atoms with Gasteiger partial charge in [0.2, 0.25) is 0 Å². The summed E-state index contributed by atoms with van der Waals surface area (Å²) in [5, 5.41) is 19.6. The first-order valence-corrected chi connectivity index (χ1v) is 3.87. The molecule has 1 aromatic rings. The van der Waals surface area contributed by atoms with Gasteiger partial charge in [0.25, 0.3) is 5.69 Å². The van der Waals surface area contributed by atoms with Crippen molar-refractivity contribution in [2.75, 3.05) is 6.54 Å². The minimum absolute atomic E-state index is 0. The van der Waals surface area contributed by atoms with Crippen LogP contribution in [0.25, 0.3) is 0 Å². The number of nitrogens with zero attached hydrogens (tertiary/aromatic N) is 1. The molecule has 1 aromatic carbocycles. The maximum Gasteiger partial charge on any atom is 0.269 e. The number of aliphatic hydroxyl groups is 1. The van der Waals surface area contributed by atoms with Crippen LogP contribution in [0.15, 0.2) is 24.3 Å². The summed E-state index contributed by atoms with van der Waals surface area (Å²) >= 11 is 0. The Hall–Kier alpha value is -0.980. The first-order chi connectivity index (χ1) is 6.15. The Balaban J connectivity index is 0.00000169. The molecule has 0 saturated carbocycles. The van der Waals surface area contributed by atoms with Gasteiger partial charge in [-0.1, -0.05) is 0 Å². The van der Waals surface area contributed by atoms with Crippen LogP contribution in [0.5, 0.6) is 0 Å². The minimum Gasteiger partial charge on any atom is -1.00 e. The molecule has 0 aliphatic carbocycles. The first-order valence-electron chi connectivity index (χ1n) is 3.87. The molecule has 78 valence electrons. The van der Waals surface area contributed by atoms with E-state index < -0.39 is 11.0 Å². The largest absolute Gasteiger partial charge is 1.00 e. The zero-order valence-corrected chi connectivity index (χ0v) is 8.98. The van der Waals surface area contributed by atoms with Gasteiger partial charge in [-0.25, -0.2) is 0 Å². The molecule has 5 nitrogen and oxygen atoms in total. The molecule has 0 aromatic heterocycles. The van der Waals surface area contributed by atoms with Crippen molar-refractivity contribution in [3.63, 3.8) is 0 Å². The SMILES string of the molecule is [Br-].[NH3+]CC(O)c1ccc([N+](=O)[O-])cc1. The molecule has 0 aliphatic heterocycles. The van der Waals surface area contributed by atoms with Crippen LogP contribution in [0, 0.1) is 10.1 Å². The second-order valence-corrected chi connectivity index (χ2v) is 2.65. The van der Waals surface area contributed by atoms with Crippen LogP contribution in [-0.2, 0) is 0 Å². The Kier molecular flexibility index (Phi) is 5.29. The number of nitro benzene ring substituents is 1. The summed E-state index contributed by atoms with van der Waals surface area (Å²) in [6.07, 6.45) is -0.638. The molecule has 0 saturated heterocycles. The molecule has 1 unspecified atom stereocenters. The summed E-state index contributed by atoms with van der Waals surface area (Å²) < 4.78 is 0. The highest BCUT2D eigenvalue weighted by molar-refractivity contribution is 5.33. The molecule has 1 rings (SSSR count). The maximum atomic E-state index is 10.3. The van der Waals surface area contributed by atoms with Crippen LogP contribution in [-0.4, -0.2) is 16.6 Å². The van der Waals surface area contributed by atoms with Gasteiger partial charge in [0.15, 0.2) is 0 Å². The lowest BCUT2D eigenvalue weighted by Crippen LogP contribution is -3.00. The molecule has 0 fully saturated rings. The lowest BCUT2D eigenvalue weighted by atomic mass is 10.1. The van der Waals surface area contributed by atoms with Crippen LogP contribution in [0.3, 0.4) is 0 Å². The third kappa shape index (κ3) is 3.06. The van der Waals surface area contributed by atoms with E-state index >= 15 is 0 Å². The smallest absolute Gasteiger partial charge is 0.269 e. The number of rotatable bonds is 3. The van der Waals surface area contributed by atoms with E-state index in [0.717, 1.165) is 0 Å². The standard InChI is InChI=1S/C8H10N2O3.BrH/c9-5-8(11)6-1-3-7(4-2-6)10(12)13;/h1-4,8,11H,5,9H2;1H. The molecule has 1 atom stereocenters. The lowest BCUT2D eigenvalue weighted by Gasteiger charge is -2.04. The van der Waals surface area contributed by atoms with Crippen molar-refractivity contribution in [2.45, 2.75) is 6.10 Å². The van der Waals surface area contributed by atoms with Crippen molar-refractivity contribution in [3.8, 4) is 0 Å². The van der Waals surface area contributed by atoms with Crippen LogP contribution >= 0.6 is 0 Å². The molecular weight excluding hydrogens is 252 g/mol. The van der Waals surface area contributed by atoms with E-state index in [1.165, 1.54) is 24.3 Å². The van der Waals surface area contributed by atoms with Gasteiger partial charge in [-0.15, -0.1) is 0 Å². The van der Waals surface area contributed by atoms with Gasteiger partial charge in [-0.3, -0.25) is 10.1 Å². The normalized spacial score (nSPS) is 11.6. The van der Waals surface area contributed by atoms with Crippen molar-refractivity contribution >= 4 is 5.69 Å². The van der Waals surface area contributed by atoms with Gasteiger partial charge >= 0.3 is 0 Å². The van der Waals surface area contributed by atoms with E-state index in [-0.39, 0.29) is 22.7 Å². The zero-order valence-electron chi connectivity index (χ0n) is 7.39. The highest BCUT2D eigenvalue weighted by Gasteiger charge is 2.09. The number of benzene rings is 1. The van der Waals surface area contributed by atoms with Gasteiger partial charge in [-0.05, 0) is 17.7 Å². The summed E-state index contributed by atoms with van der Waals surface area (Å²) in [5.41, 5.74) is 4.22. The average Bonchev–Trinajstić information content (AvgIpc) is 2.17. The van der Waals surface area contributed by atoms with Crippen LogP contribution < -0.4 is 22.7 Å².